The van der Waals surface area contributed by atoms with E-state index in [1.807, 2.05) is 6.92 Å². The van der Waals surface area contributed by atoms with Crippen molar-refractivity contribution in [1.29, 1.82) is 0 Å². The zero-order chi connectivity index (χ0) is 10.8. The number of rotatable bonds is 1. The highest BCUT2D eigenvalue weighted by Crippen LogP contribution is 2.12. The van der Waals surface area contributed by atoms with Crippen LogP contribution < -0.4 is 0 Å². The number of nitrogens with zero attached hydrogens (tertiary/aromatic N) is 1. The van der Waals surface area contributed by atoms with Crippen molar-refractivity contribution in [2.24, 2.45) is 4.99 Å². The molecule has 1 aliphatic rings. The van der Waals surface area contributed by atoms with Crippen molar-refractivity contribution in [1.82, 2.24) is 0 Å². The smallest absolute Gasteiger partial charge is 0.183 e. The standard InChI is InChI=1S/C13H25NO/c1-2-15-13-11-9-7-5-3-4-6-8-10-12-14-13/h2-12H2,1H3. The molecule has 1 aliphatic heterocycles. The highest BCUT2D eigenvalue weighted by Gasteiger charge is 2.01. The van der Waals surface area contributed by atoms with Gasteiger partial charge < -0.3 is 4.74 Å². The molecule has 0 aromatic heterocycles. The molecule has 0 radical (unpaired) electrons. The van der Waals surface area contributed by atoms with Crippen LogP contribution in [0.1, 0.15) is 64.7 Å². The number of hydrogen-bond donors (Lipinski definition) is 0. The van der Waals surface area contributed by atoms with Crippen LogP contribution in [-0.2, 0) is 4.74 Å². The summed E-state index contributed by atoms with van der Waals surface area (Å²) in [6, 6.07) is 0. The maximum atomic E-state index is 5.54. The van der Waals surface area contributed by atoms with Gasteiger partial charge in [-0.05, 0) is 19.8 Å². The molecule has 0 fully saturated rings. The van der Waals surface area contributed by atoms with E-state index in [1.54, 1.807) is 0 Å². The Morgan fingerprint density at radius 3 is 2.20 bits per heavy atom. The molecular weight excluding hydrogens is 186 g/mol. The van der Waals surface area contributed by atoms with Gasteiger partial charge in [0, 0.05) is 13.0 Å². The molecule has 0 bridgehead atoms. The molecule has 0 atom stereocenters. The van der Waals surface area contributed by atoms with E-state index in [2.05, 4.69) is 4.99 Å². The molecule has 2 nitrogen and oxygen atoms in total. The van der Waals surface area contributed by atoms with Gasteiger partial charge in [0.05, 0.1) is 6.61 Å². The van der Waals surface area contributed by atoms with E-state index in [-0.39, 0.29) is 0 Å². The van der Waals surface area contributed by atoms with E-state index < -0.39 is 0 Å². The minimum absolute atomic E-state index is 0.763. The Bertz CT molecular complexity index is 177. The van der Waals surface area contributed by atoms with Crippen molar-refractivity contribution in [3.63, 3.8) is 0 Å². The maximum Gasteiger partial charge on any atom is 0.183 e. The molecule has 0 N–H and O–H groups in total. The second-order valence-electron chi connectivity index (χ2n) is 4.29. The monoisotopic (exact) mass is 211 g/mol. The van der Waals surface area contributed by atoms with Gasteiger partial charge in [0.1, 0.15) is 0 Å². The van der Waals surface area contributed by atoms with Gasteiger partial charge in [0.2, 0.25) is 0 Å². The van der Waals surface area contributed by atoms with Crippen LogP contribution in [-0.4, -0.2) is 19.0 Å². The molecule has 0 unspecified atom stereocenters. The van der Waals surface area contributed by atoms with Crippen LogP contribution in [0.15, 0.2) is 4.99 Å². The fraction of sp³-hybridized carbons (Fsp3) is 0.923. The quantitative estimate of drug-likeness (QED) is 0.643. The normalized spacial score (nSPS) is 21.0. The highest BCUT2D eigenvalue weighted by molar-refractivity contribution is 5.75. The van der Waals surface area contributed by atoms with Gasteiger partial charge in [0.15, 0.2) is 5.90 Å². The SMILES string of the molecule is CCOC1=NCCCCCCCCCC1. The van der Waals surface area contributed by atoms with Crippen molar-refractivity contribution in [2.45, 2.75) is 64.7 Å². The molecule has 0 aromatic rings. The van der Waals surface area contributed by atoms with Crippen molar-refractivity contribution in [3.8, 4) is 0 Å². The second-order valence-corrected chi connectivity index (χ2v) is 4.29. The first-order valence-electron chi connectivity index (χ1n) is 6.59. The Morgan fingerprint density at radius 1 is 0.933 bits per heavy atom. The molecule has 0 saturated heterocycles. The van der Waals surface area contributed by atoms with Gasteiger partial charge in [-0.1, -0.05) is 38.5 Å². The topological polar surface area (TPSA) is 21.6 Å². The minimum Gasteiger partial charge on any atom is -0.481 e. The van der Waals surface area contributed by atoms with Crippen LogP contribution >= 0.6 is 0 Å². The van der Waals surface area contributed by atoms with Gasteiger partial charge in [-0.15, -0.1) is 0 Å². The molecule has 0 aromatic carbocycles. The van der Waals surface area contributed by atoms with E-state index >= 15 is 0 Å². The van der Waals surface area contributed by atoms with Crippen LogP contribution in [0.3, 0.4) is 0 Å². The van der Waals surface area contributed by atoms with Crippen LogP contribution in [0.25, 0.3) is 0 Å². The predicted molar refractivity (Wildman–Crippen MR) is 65.5 cm³/mol. The fourth-order valence-corrected chi connectivity index (χ4v) is 2.02. The molecule has 0 aliphatic carbocycles. The van der Waals surface area contributed by atoms with E-state index in [9.17, 15) is 0 Å². The van der Waals surface area contributed by atoms with Gasteiger partial charge in [-0.3, -0.25) is 4.99 Å². The minimum atomic E-state index is 0.763. The van der Waals surface area contributed by atoms with Gasteiger partial charge in [-0.2, -0.15) is 0 Å². The summed E-state index contributed by atoms with van der Waals surface area (Å²) < 4.78 is 5.54. The lowest BCUT2D eigenvalue weighted by Gasteiger charge is -2.09. The first-order valence-corrected chi connectivity index (χ1v) is 6.59. The van der Waals surface area contributed by atoms with Gasteiger partial charge >= 0.3 is 0 Å². The van der Waals surface area contributed by atoms with E-state index in [4.69, 9.17) is 4.74 Å². The molecule has 0 amide bonds. The van der Waals surface area contributed by atoms with Crippen molar-refractivity contribution in [2.75, 3.05) is 13.2 Å². The fourth-order valence-electron chi connectivity index (χ4n) is 2.02. The molecule has 0 spiro atoms. The third-order valence-electron chi connectivity index (χ3n) is 2.90. The number of hydrogen-bond acceptors (Lipinski definition) is 2. The third kappa shape index (κ3) is 6.53. The Morgan fingerprint density at radius 2 is 1.53 bits per heavy atom. The Hall–Kier alpha value is -0.530. The number of ether oxygens (including phenoxy) is 1. The molecule has 88 valence electrons. The van der Waals surface area contributed by atoms with Crippen LogP contribution in [0.5, 0.6) is 0 Å². The summed E-state index contributed by atoms with van der Waals surface area (Å²) in [5.41, 5.74) is 0. The summed E-state index contributed by atoms with van der Waals surface area (Å²) in [6.45, 7) is 3.77. The average molecular weight is 211 g/mol. The number of aliphatic imine (C=N–C) groups is 1. The average Bonchev–Trinajstić information content (AvgIpc) is 2.22. The Kier molecular flexibility index (Phi) is 7.32. The first-order chi connectivity index (χ1) is 7.43. The zero-order valence-corrected chi connectivity index (χ0v) is 10.1. The van der Waals surface area contributed by atoms with Crippen molar-refractivity contribution in [3.05, 3.63) is 0 Å². The summed E-state index contributed by atoms with van der Waals surface area (Å²) in [5.74, 6) is 0.998. The second kappa shape index (κ2) is 8.75. The molecule has 2 heteroatoms. The molecule has 1 rings (SSSR count). The zero-order valence-electron chi connectivity index (χ0n) is 10.1. The molecular formula is C13H25NO. The summed E-state index contributed by atoms with van der Waals surface area (Å²) in [7, 11) is 0. The Labute approximate surface area is 94.1 Å². The van der Waals surface area contributed by atoms with Gasteiger partial charge in [0.25, 0.3) is 0 Å². The largest absolute Gasteiger partial charge is 0.481 e. The molecule has 0 saturated carbocycles. The van der Waals surface area contributed by atoms with Crippen molar-refractivity contribution >= 4 is 5.90 Å². The van der Waals surface area contributed by atoms with Crippen molar-refractivity contribution < 1.29 is 4.74 Å². The lowest BCUT2D eigenvalue weighted by molar-refractivity contribution is 0.313. The van der Waals surface area contributed by atoms with E-state index in [0.29, 0.717) is 0 Å². The van der Waals surface area contributed by atoms with Gasteiger partial charge in [-0.25, -0.2) is 0 Å². The molecule has 15 heavy (non-hydrogen) atoms. The Balaban J connectivity index is 2.31. The predicted octanol–water partition coefficient (Wildman–Crippen LogP) is 3.95. The summed E-state index contributed by atoms with van der Waals surface area (Å²) >= 11 is 0. The van der Waals surface area contributed by atoms with E-state index in [0.717, 1.165) is 25.5 Å². The lowest BCUT2D eigenvalue weighted by atomic mass is 10.1. The van der Waals surface area contributed by atoms with Crippen LogP contribution in [0, 0.1) is 0 Å². The lowest BCUT2D eigenvalue weighted by Crippen LogP contribution is -2.06. The third-order valence-corrected chi connectivity index (χ3v) is 2.90. The van der Waals surface area contributed by atoms with E-state index in [1.165, 1.54) is 51.4 Å². The summed E-state index contributed by atoms with van der Waals surface area (Å²) in [5, 5.41) is 0. The summed E-state index contributed by atoms with van der Waals surface area (Å²) in [6.07, 6.45) is 11.8. The molecule has 1 heterocycles. The summed E-state index contributed by atoms with van der Waals surface area (Å²) in [4.78, 5) is 4.54. The maximum absolute atomic E-state index is 5.54. The first kappa shape index (κ1) is 12.5. The highest BCUT2D eigenvalue weighted by atomic mass is 16.5. The van der Waals surface area contributed by atoms with Crippen LogP contribution in [0.2, 0.25) is 0 Å². The van der Waals surface area contributed by atoms with Crippen LogP contribution in [0.4, 0.5) is 0 Å².